The van der Waals surface area contributed by atoms with Crippen molar-refractivity contribution in [1.29, 1.82) is 0 Å². The van der Waals surface area contributed by atoms with Crippen molar-refractivity contribution in [2.45, 2.75) is 19.8 Å². The zero-order valence-electron chi connectivity index (χ0n) is 27.2. The molecule has 9 rings (SSSR count). The number of fused-ring (bicyclic) bond motifs is 6. The van der Waals surface area contributed by atoms with Gasteiger partial charge in [0.15, 0.2) is 0 Å². The second-order valence-corrected chi connectivity index (χ2v) is 12.9. The van der Waals surface area contributed by atoms with Gasteiger partial charge >= 0.3 is 0 Å². The predicted octanol–water partition coefficient (Wildman–Crippen LogP) is 11.2. The largest absolute Gasteiger partial charge is 0.497 e. The molecule has 2 aliphatic rings. The topological polar surface area (TPSA) is 19.1 Å². The highest BCUT2D eigenvalue weighted by Gasteiger charge is 2.26. The van der Waals surface area contributed by atoms with Crippen LogP contribution >= 0.6 is 0 Å². The summed E-state index contributed by atoms with van der Waals surface area (Å²) < 4.78 is 11.0. The maximum Gasteiger partial charge on any atom is 0.120 e. The van der Waals surface area contributed by atoms with E-state index < -0.39 is 0 Å². The number of hydrogen-bond donors (Lipinski definition) is 0. The molecule has 0 spiro atoms. The average Bonchev–Trinajstić information content (AvgIpc) is 3.50. The van der Waals surface area contributed by atoms with Gasteiger partial charge in [0, 0.05) is 50.8 Å². The van der Waals surface area contributed by atoms with Crippen molar-refractivity contribution in [1.82, 2.24) is 9.13 Å². The minimum Gasteiger partial charge on any atom is -0.497 e. The Labute approximate surface area is 281 Å². The highest BCUT2D eigenvalue weighted by Crippen LogP contribution is 2.42. The van der Waals surface area contributed by atoms with Crippen molar-refractivity contribution in [3.8, 4) is 39.4 Å². The molecule has 0 N–H and O–H groups in total. The molecule has 2 aromatic heterocycles. The van der Waals surface area contributed by atoms with E-state index in [0.29, 0.717) is 5.92 Å². The van der Waals surface area contributed by atoms with Crippen molar-refractivity contribution < 1.29 is 4.74 Å². The number of allylic oxidation sites excluding steroid dienone is 4. The van der Waals surface area contributed by atoms with E-state index in [1.165, 1.54) is 55.6 Å². The molecular weight excluding hydrogens is 585 g/mol. The average molecular weight is 621 g/mol. The Kier molecular flexibility index (Phi) is 6.79. The van der Waals surface area contributed by atoms with Gasteiger partial charge in [-0.05, 0) is 65.9 Å². The lowest BCUT2D eigenvalue weighted by atomic mass is 9.93. The third kappa shape index (κ3) is 4.50. The molecule has 3 heteroatoms. The predicted molar refractivity (Wildman–Crippen MR) is 201 cm³/mol. The summed E-state index contributed by atoms with van der Waals surface area (Å²) in [6.07, 6.45) is 15.5. The van der Waals surface area contributed by atoms with Crippen LogP contribution < -0.4 is 4.74 Å². The summed E-state index contributed by atoms with van der Waals surface area (Å²) in [6, 6.07) is 41.7. The Bertz CT molecular complexity index is 2410. The molecule has 7 aromatic rings. The zero-order valence-corrected chi connectivity index (χ0v) is 27.2. The van der Waals surface area contributed by atoms with Crippen LogP contribution in [-0.2, 0) is 12.8 Å². The highest BCUT2D eigenvalue weighted by atomic mass is 16.5. The van der Waals surface area contributed by atoms with Gasteiger partial charge in [-0.2, -0.15) is 0 Å². The molecule has 0 bridgehead atoms. The number of nitrogens with zero attached hydrogens (tertiary/aromatic N) is 2. The van der Waals surface area contributed by atoms with E-state index in [-0.39, 0.29) is 0 Å². The highest BCUT2D eigenvalue weighted by molar-refractivity contribution is 6.09. The number of rotatable bonds is 5. The second-order valence-electron chi connectivity index (χ2n) is 12.9. The Balaban J connectivity index is 1.26. The summed E-state index contributed by atoms with van der Waals surface area (Å²) in [4.78, 5) is 0. The molecule has 1 atom stereocenters. The van der Waals surface area contributed by atoms with Crippen molar-refractivity contribution in [3.63, 3.8) is 0 Å². The van der Waals surface area contributed by atoms with Crippen LogP contribution in [0.3, 0.4) is 0 Å². The molecule has 48 heavy (non-hydrogen) atoms. The summed E-state index contributed by atoms with van der Waals surface area (Å²) in [5.74, 6) is 1.33. The molecule has 0 fully saturated rings. The number of ether oxygens (including phenoxy) is 1. The van der Waals surface area contributed by atoms with E-state index >= 15 is 0 Å². The number of benzene rings is 5. The van der Waals surface area contributed by atoms with E-state index in [4.69, 9.17) is 4.74 Å². The lowest BCUT2D eigenvalue weighted by Gasteiger charge is -2.21. The van der Waals surface area contributed by atoms with Crippen molar-refractivity contribution in [3.05, 3.63) is 162 Å². The molecular formula is C45H36N2O. The summed E-state index contributed by atoms with van der Waals surface area (Å²) in [5.41, 5.74) is 14.8. The molecule has 0 aliphatic heterocycles. The van der Waals surface area contributed by atoms with Gasteiger partial charge in [-0.3, -0.25) is 0 Å². The van der Waals surface area contributed by atoms with Gasteiger partial charge < -0.3 is 13.9 Å². The van der Waals surface area contributed by atoms with Gasteiger partial charge in [-0.1, -0.05) is 116 Å². The van der Waals surface area contributed by atoms with Crippen LogP contribution in [0.15, 0.2) is 140 Å². The number of para-hydroxylation sites is 4. The van der Waals surface area contributed by atoms with Crippen LogP contribution in [0, 0.1) is 5.92 Å². The Hall–Kier alpha value is -5.80. The Morgan fingerprint density at radius 2 is 1.19 bits per heavy atom. The lowest BCUT2D eigenvalue weighted by Crippen LogP contribution is -2.11. The Morgan fingerprint density at radius 1 is 0.604 bits per heavy atom. The normalized spacial score (nSPS) is 15.1. The van der Waals surface area contributed by atoms with Gasteiger partial charge in [0.05, 0.1) is 29.5 Å². The molecule has 0 saturated heterocycles. The second kappa shape index (κ2) is 11.5. The monoisotopic (exact) mass is 620 g/mol. The maximum absolute atomic E-state index is 6.01. The summed E-state index contributed by atoms with van der Waals surface area (Å²) in [6.45, 7) is 2.31. The van der Waals surface area contributed by atoms with Crippen molar-refractivity contribution in [2.24, 2.45) is 5.92 Å². The summed E-state index contributed by atoms with van der Waals surface area (Å²) >= 11 is 0. The lowest BCUT2D eigenvalue weighted by molar-refractivity contribution is 0.415. The first-order chi connectivity index (χ1) is 23.7. The van der Waals surface area contributed by atoms with Crippen LogP contribution in [0.2, 0.25) is 0 Å². The third-order valence-corrected chi connectivity index (χ3v) is 10.0. The third-order valence-electron chi connectivity index (χ3n) is 10.0. The molecule has 0 radical (unpaired) electrons. The van der Waals surface area contributed by atoms with Gasteiger partial charge in [0.25, 0.3) is 0 Å². The van der Waals surface area contributed by atoms with Crippen LogP contribution in [0.5, 0.6) is 5.75 Å². The molecule has 0 amide bonds. The maximum atomic E-state index is 6.01. The van der Waals surface area contributed by atoms with Gasteiger partial charge in [0.1, 0.15) is 5.75 Å². The van der Waals surface area contributed by atoms with Crippen molar-refractivity contribution in [2.75, 3.05) is 7.11 Å². The minimum atomic E-state index is 0.488. The first kappa shape index (κ1) is 28.4. The standard InChI is InChI=1S/C45H36N2O/c1-30-24-25-39-38-16-4-3-5-19-44(38)47(45(39)26-30)41-21-11-7-15-35(41)32-27-31(28-33(29-32)48-2)34-14-6-10-20-40(34)46-42-22-12-8-17-36(42)37-18-9-13-23-43(37)46/h3-18,20-25,27-30H,19,26H2,1-2H3. The fourth-order valence-electron chi connectivity index (χ4n) is 7.86. The minimum absolute atomic E-state index is 0.488. The zero-order chi connectivity index (χ0) is 32.2. The van der Waals surface area contributed by atoms with E-state index in [1.54, 1.807) is 7.11 Å². The Morgan fingerprint density at radius 3 is 1.85 bits per heavy atom. The SMILES string of the molecule is COc1cc(-c2ccccc2-n2c3c(c4c2CC(C)C=C4)C=CC=CC3)cc(-c2ccccc2-n2c3ccccc3c3ccccc32)c1. The van der Waals surface area contributed by atoms with Crippen LogP contribution in [0.4, 0.5) is 0 Å². The molecule has 232 valence electrons. The molecule has 2 heterocycles. The summed E-state index contributed by atoms with van der Waals surface area (Å²) in [7, 11) is 1.77. The van der Waals surface area contributed by atoms with E-state index in [2.05, 4.69) is 168 Å². The van der Waals surface area contributed by atoms with E-state index in [1.807, 2.05) is 0 Å². The van der Waals surface area contributed by atoms with Gasteiger partial charge in [-0.15, -0.1) is 0 Å². The fourth-order valence-corrected chi connectivity index (χ4v) is 7.86. The van der Waals surface area contributed by atoms with Crippen LogP contribution in [-0.4, -0.2) is 16.2 Å². The first-order valence-corrected chi connectivity index (χ1v) is 16.8. The van der Waals surface area contributed by atoms with Crippen LogP contribution in [0.25, 0.3) is 67.6 Å². The first-order valence-electron chi connectivity index (χ1n) is 16.8. The molecule has 5 aromatic carbocycles. The quantitative estimate of drug-likeness (QED) is 0.187. The molecule has 0 saturated carbocycles. The number of hydrogen-bond acceptors (Lipinski definition) is 1. The molecule has 2 aliphatic carbocycles. The van der Waals surface area contributed by atoms with Gasteiger partial charge in [-0.25, -0.2) is 0 Å². The summed E-state index contributed by atoms with van der Waals surface area (Å²) in [5, 5.41) is 2.51. The van der Waals surface area contributed by atoms with Crippen LogP contribution in [0.1, 0.15) is 29.4 Å². The fraction of sp³-hybridized carbons (Fsp3) is 0.111. The number of aromatic nitrogens is 2. The van der Waals surface area contributed by atoms with E-state index in [9.17, 15) is 0 Å². The molecule has 1 unspecified atom stereocenters. The van der Waals surface area contributed by atoms with Crippen molar-refractivity contribution >= 4 is 34.0 Å². The smallest absolute Gasteiger partial charge is 0.120 e. The number of methoxy groups -OCH3 is 1. The van der Waals surface area contributed by atoms with Gasteiger partial charge in [0.2, 0.25) is 0 Å². The van der Waals surface area contributed by atoms with E-state index in [0.717, 1.165) is 41.0 Å². The molecule has 3 nitrogen and oxygen atoms in total.